The molecule has 0 radical (unpaired) electrons. The Morgan fingerprint density at radius 2 is 1.85 bits per heavy atom. The van der Waals surface area contributed by atoms with Crippen LogP contribution in [0.1, 0.15) is 12.5 Å². The molecule has 1 atom stereocenters. The van der Waals surface area contributed by atoms with E-state index in [4.69, 9.17) is 10.5 Å². The van der Waals surface area contributed by atoms with Gasteiger partial charge >= 0.3 is 0 Å². The number of hydrogen-bond acceptors (Lipinski definition) is 7. The standard InChI is InChI=1S/C22H25N5O4S2/c1-16(20(23)28)32-22-25-24-21(27(22)15-17-6-3-2-4-7-17)18-8-5-9-19(14-18)33(29,30)26-10-12-31-13-11-26/h2-9,14,16H,10-13,15H2,1H3,(H2,23,28)/t16-/m0/s1. The van der Waals surface area contributed by atoms with Gasteiger partial charge in [0.05, 0.1) is 29.9 Å². The van der Waals surface area contributed by atoms with Crippen molar-refractivity contribution in [3.05, 3.63) is 60.2 Å². The van der Waals surface area contributed by atoms with E-state index in [0.29, 0.717) is 49.4 Å². The zero-order valence-electron chi connectivity index (χ0n) is 18.1. The Balaban J connectivity index is 1.73. The number of carbonyl (C=O) groups excluding carboxylic acids is 1. The van der Waals surface area contributed by atoms with Crippen LogP contribution in [0.5, 0.6) is 0 Å². The fourth-order valence-electron chi connectivity index (χ4n) is 3.45. The van der Waals surface area contributed by atoms with Crippen molar-refractivity contribution >= 4 is 27.7 Å². The topological polar surface area (TPSA) is 120 Å². The predicted octanol–water partition coefficient (Wildman–Crippen LogP) is 1.98. The average molecular weight is 488 g/mol. The number of morpholine rings is 1. The first-order valence-electron chi connectivity index (χ1n) is 10.5. The van der Waals surface area contributed by atoms with Crippen LogP contribution < -0.4 is 5.73 Å². The molecule has 3 aromatic rings. The van der Waals surface area contributed by atoms with Gasteiger partial charge in [-0.3, -0.25) is 9.36 Å². The molecule has 9 nitrogen and oxygen atoms in total. The van der Waals surface area contributed by atoms with Gasteiger partial charge in [-0.1, -0.05) is 54.2 Å². The molecular weight excluding hydrogens is 462 g/mol. The lowest BCUT2D eigenvalue weighted by Crippen LogP contribution is -2.40. The van der Waals surface area contributed by atoms with E-state index in [1.807, 2.05) is 34.9 Å². The molecule has 0 unspecified atom stereocenters. The van der Waals surface area contributed by atoms with Crippen LogP contribution in [0.3, 0.4) is 0 Å². The van der Waals surface area contributed by atoms with Crippen molar-refractivity contribution in [3.8, 4) is 11.4 Å². The summed E-state index contributed by atoms with van der Waals surface area (Å²) in [5.74, 6) is 0.0615. The van der Waals surface area contributed by atoms with Crippen molar-refractivity contribution < 1.29 is 17.9 Å². The zero-order chi connectivity index (χ0) is 23.4. The Hall–Kier alpha value is -2.73. The number of benzene rings is 2. The lowest BCUT2D eigenvalue weighted by Gasteiger charge is -2.26. The van der Waals surface area contributed by atoms with Crippen LogP contribution in [-0.2, 0) is 26.1 Å². The summed E-state index contributed by atoms with van der Waals surface area (Å²) in [6.07, 6.45) is 0. The first-order valence-corrected chi connectivity index (χ1v) is 12.8. The summed E-state index contributed by atoms with van der Waals surface area (Å²) in [5, 5.41) is 8.66. The number of nitrogens with two attached hydrogens (primary N) is 1. The van der Waals surface area contributed by atoms with Crippen molar-refractivity contribution in [2.24, 2.45) is 5.73 Å². The second kappa shape index (κ2) is 10.0. The van der Waals surface area contributed by atoms with E-state index in [1.54, 1.807) is 31.2 Å². The molecule has 1 aliphatic rings. The molecule has 0 saturated carbocycles. The van der Waals surface area contributed by atoms with Gasteiger partial charge in [-0.25, -0.2) is 8.42 Å². The molecule has 2 heterocycles. The summed E-state index contributed by atoms with van der Waals surface area (Å²) >= 11 is 1.22. The molecule has 33 heavy (non-hydrogen) atoms. The van der Waals surface area contributed by atoms with Crippen LogP contribution >= 0.6 is 11.8 Å². The number of hydrogen-bond donors (Lipinski definition) is 1. The Kier molecular flexibility index (Phi) is 7.13. The van der Waals surface area contributed by atoms with Crippen LogP contribution in [0.25, 0.3) is 11.4 Å². The molecule has 174 valence electrons. The van der Waals surface area contributed by atoms with Crippen LogP contribution in [0.15, 0.2) is 64.6 Å². The largest absolute Gasteiger partial charge is 0.379 e. The summed E-state index contributed by atoms with van der Waals surface area (Å²) in [7, 11) is -3.66. The highest BCUT2D eigenvalue weighted by molar-refractivity contribution is 8.00. The Morgan fingerprint density at radius 1 is 1.12 bits per heavy atom. The van der Waals surface area contributed by atoms with Gasteiger partial charge in [0.2, 0.25) is 15.9 Å². The monoisotopic (exact) mass is 487 g/mol. The minimum atomic E-state index is -3.66. The maximum Gasteiger partial charge on any atom is 0.243 e. The fraction of sp³-hybridized carbons (Fsp3) is 0.318. The van der Waals surface area contributed by atoms with Gasteiger partial charge < -0.3 is 10.5 Å². The van der Waals surface area contributed by atoms with Crippen molar-refractivity contribution in [1.82, 2.24) is 19.1 Å². The number of aromatic nitrogens is 3. The van der Waals surface area contributed by atoms with Crippen molar-refractivity contribution in [1.29, 1.82) is 0 Å². The third-order valence-corrected chi connectivity index (χ3v) is 8.28. The summed E-state index contributed by atoms with van der Waals surface area (Å²) < 4.78 is 34.9. The van der Waals surface area contributed by atoms with Crippen molar-refractivity contribution in [2.45, 2.75) is 28.8 Å². The van der Waals surface area contributed by atoms with E-state index in [9.17, 15) is 13.2 Å². The summed E-state index contributed by atoms with van der Waals surface area (Å²) in [4.78, 5) is 11.8. The molecule has 1 aromatic heterocycles. The van der Waals surface area contributed by atoms with E-state index in [2.05, 4.69) is 10.2 Å². The second-order valence-corrected chi connectivity index (χ2v) is 10.8. The zero-order valence-corrected chi connectivity index (χ0v) is 19.8. The van der Waals surface area contributed by atoms with E-state index in [-0.39, 0.29) is 4.90 Å². The van der Waals surface area contributed by atoms with Crippen LogP contribution in [-0.4, -0.2) is 64.9 Å². The predicted molar refractivity (Wildman–Crippen MR) is 125 cm³/mol. The fourth-order valence-corrected chi connectivity index (χ4v) is 5.70. The number of primary amides is 1. The number of amides is 1. The molecule has 11 heteroatoms. The van der Waals surface area contributed by atoms with Crippen LogP contribution in [0, 0.1) is 0 Å². The lowest BCUT2D eigenvalue weighted by molar-refractivity contribution is -0.117. The van der Waals surface area contributed by atoms with Gasteiger partial charge in [0.1, 0.15) is 0 Å². The highest BCUT2D eigenvalue weighted by atomic mass is 32.2. The highest BCUT2D eigenvalue weighted by Gasteiger charge is 2.27. The number of nitrogens with zero attached hydrogens (tertiary/aromatic N) is 4. The molecule has 4 rings (SSSR count). The van der Waals surface area contributed by atoms with Gasteiger partial charge in [-0.15, -0.1) is 10.2 Å². The molecule has 1 fully saturated rings. The summed E-state index contributed by atoms with van der Waals surface area (Å²) in [6, 6.07) is 16.5. The summed E-state index contributed by atoms with van der Waals surface area (Å²) in [6.45, 7) is 3.57. The smallest absolute Gasteiger partial charge is 0.243 e. The molecule has 1 saturated heterocycles. The maximum atomic E-state index is 13.1. The maximum absolute atomic E-state index is 13.1. The highest BCUT2D eigenvalue weighted by Crippen LogP contribution is 2.29. The molecule has 2 aromatic carbocycles. The number of thioether (sulfide) groups is 1. The van der Waals surface area contributed by atoms with Crippen LogP contribution in [0.4, 0.5) is 0 Å². The quantitative estimate of drug-likeness (QED) is 0.482. The van der Waals surface area contributed by atoms with E-state index in [1.165, 1.54) is 16.1 Å². The first kappa shape index (κ1) is 23.4. The van der Waals surface area contributed by atoms with Crippen LogP contribution in [0.2, 0.25) is 0 Å². The number of carbonyl (C=O) groups is 1. The minimum absolute atomic E-state index is 0.191. The molecule has 0 bridgehead atoms. The average Bonchev–Trinajstić information content (AvgIpc) is 3.22. The van der Waals surface area contributed by atoms with E-state index >= 15 is 0 Å². The SMILES string of the molecule is C[C@H](Sc1nnc(-c2cccc(S(=O)(=O)N3CCOCC3)c2)n1Cc1ccccc1)C(N)=O. The summed E-state index contributed by atoms with van der Waals surface area (Å²) in [5.41, 5.74) is 7.08. The Bertz CT molecular complexity index is 1220. The Labute approximate surface area is 197 Å². The molecule has 1 amide bonds. The Morgan fingerprint density at radius 3 is 2.55 bits per heavy atom. The number of ether oxygens (including phenoxy) is 1. The molecule has 0 spiro atoms. The first-order chi connectivity index (χ1) is 15.9. The third kappa shape index (κ3) is 5.27. The molecular formula is C22H25N5O4S2. The molecule has 2 N–H and O–H groups in total. The molecule has 1 aliphatic heterocycles. The van der Waals surface area contributed by atoms with E-state index in [0.717, 1.165) is 5.56 Å². The van der Waals surface area contributed by atoms with Gasteiger partial charge in [0.15, 0.2) is 11.0 Å². The normalized spacial score (nSPS) is 15.9. The third-order valence-electron chi connectivity index (χ3n) is 5.28. The number of rotatable bonds is 8. The second-order valence-electron chi connectivity index (χ2n) is 7.58. The van der Waals surface area contributed by atoms with Crippen molar-refractivity contribution in [2.75, 3.05) is 26.3 Å². The van der Waals surface area contributed by atoms with Gasteiger partial charge in [-0.05, 0) is 24.6 Å². The van der Waals surface area contributed by atoms with Gasteiger partial charge in [-0.2, -0.15) is 4.31 Å². The molecule has 0 aliphatic carbocycles. The minimum Gasteiger partial charge on any atom is -0.379 e. The number of sulfonamides is 1. The van der Waals surface area contributed by atoms with Gasteiger partial charge in [0.25, 0.3) is 0 Å². The van der Waals surface area contributed by atoms with Crippen molar-refractivity contribution in [3.63, 3.8) is 0 Å². The van der Waals surface area contributed by atoms with E-state index < -0.39 is 21.2 Å². The lowest BCUT2D eigenvalue weighted by atomic mass is 10.2. The van der Waals surface area contributed by atoms with Gasteiger partial charge in [0, 0.05) is 18.7 Å².